The Kier molecular flexibility index (Phi) is 4.56. The molecule has 0 aliphatic heterocycles. The van der Waals surface area contributed by atoms with Gasteiger partial charge in [0.2, 0.25) is 5.69 Å². The van der Waals surface area contributed by atoms with Crippen molar-refractivity contribution >= 4 is 0 Å². The van der Waals surface area contributed by atoms with E-state index < -0.39 is 0 Å². The summed E-state index contributed by atoms with van der Waals surface area (Å²) in [5, 5.41) is 0. The molecule has 5 rings (SSSR count). The lowest BCUT2D eigenvalue weighted by Crippen LogP contribution is -2.31. The Morgan fingerprint density at radius 2 is 1.47 bits per heavy atom. The first-order chi connectivity index (χ1) is 15.2. The molecule has 32 heavy (non-hydrogen) atoms. The highest BCUT2D eigenvalue weighted by atomic mass is 19.1. The second-order valence-electron chi connectivity index (χ2n) is 9.56. The van der Waals surface area contributed by atoms with Crippen molar-refractivity contribution in [1.29, 1.82) is 0 Å². The minimum atomic E-state index is -0.214. The van der Waals surface area contributed by atoms with Gasteiger partial charge < -0.3 is 0 Å². The highest BCUT2D eigenvalue weighted by molar-refractivity contribution is 5.84. The Morgan fingerprint density at radius 1 is 0.781 bits per heavy atom. The molecule has 0 spiro atoms. The van der Waals surface area contributed by atoms with Gasteiger partial charge in [-0.25, -0.2) is 8.96 Å². The first kappa shape index (κ1) is 20.6. The third-order valence-corrected chi connectivity index (χ3v) is 6.87. The van der Waals surface area contributed by atoms with Crippen LogP contribution in [0.4, 0.5) is 4.39 Å². The standard InChI is InChI=1S/C29H28FN2/c1-17-13-26-24(22-12-7-19(3)31-28(22)29(26,4)5)15-23(17)27-14-18(2)25(16-32(27)6)20-8-10-21(30)11-9-20/h7-16H,1-6H3/q+1. The van der Waals surface area contributed by atoms with E-state index >= 15 is 0 Å². The Bertz CT molecular complexity index is 1380. The molecule has 0 saturated carbocycles. The molecule has 2 aromatic heterocycles. The quantitative estimate of drug-likeness (QED) is 0.332. The van der Waals surface area contributed by atoms with Gasteiger partial charge in [-0.15, -0.1) is 0 Å². The first-order valence-corrected chi connectivity index (χ1v) is 11.1. The van der Waals surface area contributed by atoms with Crippen LogP contribution in [0.5, 0.6) is 0 Å². The monoisotopic (exact) mass is 423 g/mol. The summed E-state index contributed by atoms with van der Waals surface area (Å²) < 4.78 is 15.6. The maximum absolute atomic E-state index is 13.4. The molecule has 1 aliphatic carbocycles. The lowest BCUT2D eigenvalue weighted by atomic mass is 9.83. The lowest BCUT2D eigenvalue weighted by Gasteiger charge is -2.21. The van der Waals surface area contributed by atoms with Gasteiger partial charge in [0.05, 0.1) is 5.69 Å². The number of aryl methyl sites for hydroxylation is 4. The fraction of sp³-hybridized carbons (Fsp3) is 0.241. The zero-order valence-electron chi connectivity index (χ0n) is 19.5. The summed E-state index contributed by atoms with van der Waals surface area (Å²) >= 11 is 0. The van der Waals surface area contributed by atoms with Crippen LogP contribution in [0.1, 0.15) is 41.9 Å². The van der Waals surface area contributed by atoms with Crippen LogP contribution in [-0.2, 0) is 12.5 Å². The molecule has 1 aliphatic rings. The predicted octanol–water partition coefficient (Wildman–Crippen LogP) is 6.61. The fourth-order valence-electron chi connectivity index (χ4n) is 5.05. The van der Waals surface area contributed by atoms with Crippen molar-refractivity contribution in [3.63, 3.8) is 0 Å². The van der Waals surface area contributed by atoms with Gasteiger partial charge in [0, 0.05) is 33.9 Å². The van der Waals surface area contributed by atoms with Crippen LogP contribution in [0.25, 0.3) is 33.5 Å². The molecule has 160 valence electrons. The van der Waals surface area contributed by atoms with Gasteiger partial charge in [-0.1, -0.05) is 38.1 Å². The normalized spacial score (nSPS) is 13.7. The molecule has 0 bridgehead atoms. The molecule has 4 aromatic rings. The molecule has 0 unspecified atom stereocenters. The number of fused-ring (bicyclic) bond motifs is 3. The van der Waals surface area contributed by atoms with Gasteiger partial charge >= 0.3 is 0 Å². The maximum Gasteiger partial charge on any atom is 0.212 e. The number of halogens is 1. The van der Waals surface area contributed by atoms with Gasteiger partial charge in [-0.2, -0.15) is 0 Å². The molecule has 0 amide bonds. The third-order valence-electron chi connectivity index (χ3n) is 6.87. The van der Waals surface area contributed by atoms with Gasteiger partial charge in [0.1, 0.15) is 12.9 Å². The molecule has 0 fully saturated rings. The number of aromatic nitrogens is 2. The summed E-state index contributed by atoms with van der Waals surface area (Å²) in [5.41, 5.74) is 12.9. The van der Waals surface area contributed by atoms with Crippen molar-refractivity contribution < 1.29 is 8.96 Å². The topological polar surface area (TPSA) is 16.8 Å². The van der Waals surface area contributed by atoms with E-state index in [1.165, 1.54) is 51.2 Å². The zero-order valence-corrected chi connectivity index (χ0v) is 19.5. The number of pyridine rings is 2. The molecule has 2 aromatic carbocycles. The van der Waals surface area contributed by atoms with Gasteiger partial charge in [0.25, 0.3) is 0 Å². The van der Waals surface area contributed by atoms with Crippen LogP contribution >= 0.6 is 0 Å². The summed E-state index contributed by atoms with van der Waals surface area (Å²) in [6.45, 7) is 10.9. The highest BCUT2D eigenvalue weighted by Crippen LogP contribution is 2.49. The lowest BCUT2D eigenvalue weighted by molar-refractivity contribution is -0.660. The van der Waals surface area contributed by atoms with E-state index in [0.717, 1.165) is 22.5 Å². The van der Waals surface area contributed by atoms with E-state index in [0.29, 0.717) is 0 Å². The predicted molar refractivity (Wildman–Crippen MR) is 128 cm³/mol. The van der Waals surface area contributed by atoms with Crippen LogP contribution < -0.4 is 4.57 Å². The number of benzene rings is 2. The van der Waals surface area contributed by atoms with Crippen LogP contribution in [-0.4, -0.2) is 4.98 Å². The minimum Gasteiger partial charge on any atom is -0.257 e. The van der Waals surface area contributed by atoms with E-state index in [2.05, 4.69) is 82.8 Å². The molecule has 3 heteroatoms. The summed E-state index contributed by atoms with van der Waals surface area (Å²) in [7, 11) is 2.08. The van der Waals surface area contributed by atoms with Crippen LogP contribution in [0.15, 0.2) is 60.8 Å². The highest BCUT2D eigenvalue weighted by Gasteiger charge is 2.38. The molecule has 2 nitrogen and oxygen atoms in total. The van der Waals surface area contributed by atoms with Crippen LogP contribution in [0.3, 0.4) is 0 Å². The number of nitrogens with zero attached hydrogens (tertiary/aromatic N) is 2. The average molecular weight is 424 g/mol. The van der Waals surface area contributed by atoms with E-state index in [-0.39, 0.29) is 11.2 Å². The van der Waals surface area contributed by atoms with Gasteiger partial charge in [-0.05, 0) is 72.9 Å². The molecular weight excluding hydrogens is 395 g/mol. The molecule has 2 heterocycles. The van der Waals surface area contributed by atoms with E-state index in [1.807, 2.05) is 12.1 Å². The van der Waals surface area contributed by atoms with Gasteiger partial charge in [-0.3, -0.25) is 4.98 Å². The molecule has 0 N–H and O–H groups in total. The Labute approximate surface area is 189 Å². The first-order valence-electron chi connectivity index (χ1n) is 11.1. The number of hydrogen-bond donors (Lipinski definition) is 0. The number of rotatable bonds is 2. The van der Waals surface area contributed by atoms with E-state index in [1.54, 1.807) is 0 Å². The minimum absolute atomic E-state index is 0.107. The smallest absolute Gasteiger partial charge is 0.212 e. The second-order valence-corrected chi connectivity index (χ2v) is 9.56. The Balaban J connectivity index is 1.68. The fourth-order valence-corrected chi connectivity index (χ4v) is 5.05. The average Bonchev–Trinajstić information content (AvgIpc) is 2.96. The van der Waals surface area contributed by atoms with Crippen molar-refractivity contribution in [2.45, 2.75) is 40.0 Å². The molecular formula is C29H28FN2+. The summed E-state index contributed by atoms with van der Waals surface area (Å²) in [5.74, 6) is -0.214. The largest absolute Gasteiger partial charge is 0.257 e. The Morgan fingerprint density at radius 3 is 2.19 bits per heavy atom. The number of hydrogen-bond acceptors (Lipinski definition) is 1. The molecule has 0 atom stereocenters. The van der Waals surface area contributed by atoms with Crippen LogP contribution in [0.2, 0.25) is 0 Å². The van der Waals surface area contributed by atoms with Crippen molar-refractivity contribution in [2.75, 3.05) is 0 Å². The molecule has 0 saturated heterocycles. The van der Waals surface area contributed by atoms with E-state index in [9.17, 15) is 4.39 Å². The van der Waals surface area contributed by atoms with Crippen molar-refractivity contribution in [3.05, 3.63) is 94.7 Å². The van der Waals surface area contributed by atoms with E-state index in [4.69, 9.17) is 4.98 Å². The summed E-state index contributed by atoms with van der Waals surface area (Å²) in [6.07, 6.45) is 2.15. The van der Waals surface area contributed by atoms with Crippen molar-refractivity contribution in [1.82, 2.24) is 4.98 Å². The summed E-state index contributed by atoms with van der Waals surface area (Å²) in [6, 6.07) is 17.9. The SMILES string of the molecule is Cc1ccc2c(n1)C(C)(C)c1cc(C)c(-c3cc(C)c(-c4ccc(F)cc4)c[n+]3C)cc1-2. The Hall–Kier alpha value is -3.33. The maximum atomic E-state index is 13.4. The van der Waals surface area contributed by atoms with Crippen molar-refractivity contribution in [2.24, 2.45) is 7.05 Å². The van der Waals surface area contributed by atoms with Gasteiger partial charge in [0.15, 0.2) is 6.20 Å². The van der Waals surface area contributed by atoms with Crippen LogP contribution in [0, 0.1) is 26.6 Å². The molecule has 0 radical (unpaired) electrons. The van der Waals surface area contributed by atoms with Crippen molar-refractivity contribution in [3.8, 4) is 33.5 Å². The summed E-state index contributed by atoms with van der Waals surface area (Å²) in [4.78, 5) is 4.90. The second kappa shape index (κ2) is 7.09. The zero-order chi connectivity index (χ0) is 22.8. The third kappa shape index (κ3) is 3.07.